The van der Waals surface area contributed by atoms with Crippen LogP contribution in [0.25, 0.3) is 22.0 Å². The van der Waals surface area contributed by atoms with E-state index in [1.807, 2.05) is 12.3 Å². The Kier molecular flexibility index (Phi) is 7.47. The number of carbonyl (C=O) groups is 1. The van der Waals surface area contributed by atoms with E-state index in [-0.39, 0.29) is 11.7 Å². The molecular weight excluding hydrogens is 468 g/mol. The molecule has 184 valence electrons. The predicted molar refractivity (Wildman–Crippen MR) is 140 cm³/mol. The number of hydrogen-bond donors (Lipinski definition) is 3. The molecule has 1 fully saturated rings. The van der Waals surface area contributed by atoms with E-state index in [0.717, 1.165) is 53.4 Å². The van der Waals surface area contributed by atoms with Crippen molar-refractivity contribution in [2.75, 3.05) is 18.8 Å². The van der Waals surface area contributed by atoms with E-state index in [2.05, 4.69) is 41.7 Å². The second-order valence-electron chi connectivity index (χ2n) is 9.12. The number of amides is 1. The summed E-state index contributed by atoms with van der Waals surface area (Å²) in [4.78, 5) is 16.8. The van der Waals surface area contributed by atoms with E-state index < -0.39 is 15.9 Å². The van der Waals surface area contributed by atoms with Crippen molar-refractivity contribution in [3.05, 3.63) is 45.8 Å². The molecule has 0 saturated carbocycles. The topological polar surface area (TPSA) is 108 Å². The van der Waals surface area contributed by atoms with Gasteiger partial charge in [0.05, 0.1) is 16.8 Å². The van der Waals surface area contributed by atoms with Gasteiger partial charge in [0.15, 0.2) is 0 Å². The Morgan fingerprint density at radius 1 is 1.24 bits per heavy atom. The number of H-pyrrole nitrogens is 1. The van der Waals surface area contributed by atoms with Crippen molar-refractivity contribution in [3.8, 4) is 11.1 Å². The van der Waals surface area contributed by atoms with Gasteiger partial charge in [-0.25, -0.2) is 12.7 Å². The Balaban J connectivity index is 1.64. The van der Waals surface area contributed by atoms with E-state index >= 15 is 0 Å². The molecule has 1 aliphatic rings. The molecule has 1 atom stereocenters. The molecule has 0 bridgehead atoms. The maximum absolute atomic E-state index is 12.3. The zero-order chi connectivity index (χ0) is 24.5. The highest BCUT2D eigenvalue weighted by Gasteiger charge is 2.29. The maximum Gasteiger partial charge on any atom is 0.250 e. The number of carbonyl (C=O) groups excluding carboxylic acids is 1. The smallest absolute Gasteiger partial charge is 0.250 e. The number of aromatic amines is 1. The lowest BCUT2D eigenvalue weighted by Gasteiger charge is -2.31. The summed E-state index contributed by atoms with van der Waals surface area (Å²) in [5.74, 6) is -0.102. The van der Waals surface area contributed by atoms with Crippen LogP contribution in [0.2, 0.25) is 0 Å². The summed E-state index contributed by atoms with van der Waals surface area (Å²) in [6, 6.07) is 6.64. The van der Waals surface area contributed by atoms with Crippen LogP contribution >= 0.6 is 11.3 Å². The molecule has 1 unspecified atom stereocenters. The molecule has 1 aliphatic heterocycles. The van der Waals surface area contributed by atoms with Gasteiger partial charge in [-0.2, -0.15) is 0 Å². The Bertz CT molecular complexity index is 1270. The van der Waals surface area contributed by atoms with Gasteiger partial charge in [-0.1, -0.05) is 6.92 Å². The number of aromatic nitrogens is 1. The molecule has 7 nitrogen and oxygen atoms in total. The standard InChI is InChI=1S/C25H34N4O3S2/c1-4-16(3)27-13-20-10-19(15-33-20)18-11-21-23(14-28-24(21)22(12-18)25(26)30)17-6-8-29(9-7-17)34(31,32)5-2/h10-12,14-17,27-28H,4-9,13H2,1-3H3,(H2,26,30). The van der Waals surface area contributed by atoms with Crippen LogP contribution in [0.3, 0.4) is 0 Å². The number of primary amides is 1. The van der Waals surface area contributed by atoms with Crippen LogP contribution in [0.5, 0.6) is 0 Å². The first-order chi connectivity index (χ1) is 16.2. The molecule has 34 heavy (non-hydrogen) atoms. The van der Waals surface area contributed by atoms with Crippen LogP contribution in [-0.2, 0) is 16.6 Å². The maximum atomic E-state index is 12.3. The number of benzene rings is 1. The van der Waals surface area contributed by atoms with Gasteiger partial charge in [0.1, 0.15) is 0 Å². The molecule has 4 rings (SSSR count). The molecule has 1 amide bonds. The zero-order valence-electron chi connectivity index (χ0n) is 20.1. The molecule has 1 saturated heterocycles. The number of fused-ring (bicyclic) bond motifs is 1. The molecule has 2 aromatic heterocycles. The van der Waals surface area contributed by atoms with Crippen LogP contribution in [0.4, 0.5) is 0 Å². The summed E-state index contributed by atoms with van der Waals surface area (Å²) in [6.07, 6.45) is 4.56. The van der Waals surface area contributed by atoms with Gasteiger partial charge in [-0.3, -0.25) is 4.79 Å². The van der Waals surface area contributed by atoms with Gasteiger partial charge >= 0.3 is 0 Å². The van der Waals surface area contributed by atoms with Crippen molar-refractivity contribution in [1.29, 1.82) is 0 Å². The van der Waals surface area contributed by atoms with Crippen molar-refractivity contribution in [1.82, 2.24) is 14.6 Å². The Morgan fingerprint density at radius 3 is 2.62 bits per heavy atom. The molecule has 3 heterocycles. The van der Waals surface area contributed by atoms with E-state index in [9.17, 15) is 13.2 Å². The first kappa shape index (κ1) is 24.9. The molecular formula is C25H34N4O3S2. The first-order valence-corrected chi connectivity index (χ1v) is 14.5. The van der Waals surface area contributed by atoms with Gasteiger partial charge in [-0.15, -0.1) is 11.3 Å². The van der Waals surface area contributed by atoms with Crippen molar-refractivity contribution in [2.24, 2.45) is 5.73 Å². The number of rotatable bonds is 9. The highest BCUT2D eigenvalue weighted by molar-refractivity contribution is 7.89. The average Bonchev–Trinajstić information content (AvgIpc) is 3.49. The lowest BCUT2D eigenvalue weighted by Crippen LogP contribution is -2.38. The zero-order valence-corrected chi connectivity index (χ0v) is 21.7. The third-order valence-electron chi connectivity index (χ3n) is 6.96. The fraction of sp³-hybridized carbons (Fsp3) is 0.480. The number of nitrogens with one attached hydrogen (secondary N) is 2. The Morgan fingerprint density at radius 2 is 1.97 bits per heavy atom. The van der Waals surface area contributed by atoms with Gasteiger partial charge in [0, 0.05) is 42.1 Å². The summed E-state index contributed by atoms with van der Waals surface area (Å²) in [5, 5.41) is 6.64. The Hall–Kier alpha value is -2.20. The van der Waals surface area contributed by atoms with Crippen LogP contribution < -0.4 is 11.1 Å². The summed E-state index contributed by atoms with van der Waals surface area (Å²) < 4.78 is 26.1. The van der Waals surface area contributed by atoms with Gasteiger partial charge in [-0.05, 0) is 79.3 Å². The second kappa shape index (κ2) is 10.2. The SMILES string of the molecule is CCC(C)NCc1cc(-c2cc(C(N)=O)c3[nH]cc(C4CCN(S(=O)(=O)CC)CC4)c3c2)cs1. The summed E-state index contributed by atoms with van der Waals surface area (Å²) in [7, 11) is -3.17. The number of nitrogens with two attached hydrogens (primary N) is 1. The molecule has 0 radical (unpaired) electrons. The molecule has 0 spiro atoms. The van der Waals surface area contributed by atoms with Gasteiger partial charge in [0.2, 0.25) is 10.0 Å². The predicted octanol–water partition coefficient (Wildman–Crippen LogP) is 4.41. The molecule has 1 aromatic carbocycles. The third kappa shape index (κ3) is 5.07. The lowest BCUT2D eigenvalue weighted by molar-refractivity contribution is 0.100. The van der Waals surface area contributed by atoms with Crippen LogP contribution in [0.1, 0.15) is 66.8 Å². The second-order valence-corrected chi connectivity index (χ2v) is 12.4. The molecule has 0 aliphatic carbocycles. The number of hydrogen-bond acceptors (Lipinski definition) is 5. The number of thiophene rings is 1. The van der Waals surface area contributed by atoms with Crippen molar-refractivity contribution in [2.45, 2.75) is 58.5 Å². The highest BCUT2D eigenvalue weighted by atomic mass is 32.2. The van der Waals surface area contributed by atoms with E-state index in [1.165, 1.54) is 4.88 Å². The number of sulfonamides is 1. The minimum atomic E-state index is -3.17. The average molecular weight is 503 g/mol. The minimum absolute atomic E-state index is 0.131. The quantitative estimate of drug-likeness (QED) is 0.403. The van der Waals surface area contributed by atoms with Crippen molar-refractivity contribution in [3.63, 3.8) is 0 Å². The minimum Gasteiger partial charge on any atom is -0.366 e. The van der Waals surface area contributed by atoms with Crippen LogP contribution in [0, 0.1) is 0 Å². The summed E-state index contributed by atoms with van der Waals surface area (Å²) in [6.45, 7) is 7.89. The molecule has 3 aromatic rings. The summed E-state index contributed by atoms with van der Waals surface area (Å²) in [5.41, 5.74) is 10.2. The molecule has 4 N–H and O–H groups in total. The van der Waals surface area contributed by atoms with E-state index in [0.29, 0.717) is 24.7 Å². The van der Waals surface area contributed by atoms with E-state index in [4.69, 9.17) is 5.73 Å². The fourth-order valence-electron chi connectivity index (χ4n) is 4.62. The van der Waals surface area contributed by atoms with E-state index in [1.54, 1.807) is 22.6 Å². The fourth-order valence-corrected chi connectivity index (χ4v) is 6.60. The summed E-state index contributed by atoms with van der Waals surface area (Å²) >= 11 is 1.71. The first-order valence-electron chi connectivity index (χ1n) is 12.0. The largest absolute Gasteiger partial charge is 0.366 e. The lowest BCUT2D eigenvalue weighted by atomic mass is 9.88. The normalized spacial score (nSPS) is 16.8. The highest BCUT2D eigenvalue weighted by Crippen LogP contribution is 2.38. The van der Waals surface area contributed by atoms with Gasteiger partial charge in [0.25, 0.3) is 5.91 Å². The number of piperidine rings is 1. The van der Waals surface area contributed by atoms with Crippen LogP contribution in [-0.4, -0.2) is 48.5 Å². The van der Waals surface area contributed by atoms with Crippen LogP contribution in [0.15, 0.2) is 29.8 Å². The third-order valence-corrected chi connectivity index (χ3v) is 9.78. The monoisotopic (exact) mass is 502 g/mol. The number of nitrogens with zero attached hydrogens (tertiary/aromatic N) is 1. The van der Waals surface area contributed by atoms with Crippen molar-refractivity contribution >= 4 is 38.2 Å². The Labute approximate surface area is 205 Å². The van der Waals surface area contributed by atoms with Crippen molar-refractivity contribution < 1.29 is 13.2 Å². The molecule has 9 heteroatoms. The van der Waals surface area contributed by atoms with Gasteiger partial charge < -0.3 is 16.0 Å².